The molecule has 27 nitrogen and oxygen atoms in total. The van der Waals surface area contributed by atoms with Crippen molar-refractivity contribution in [1.82, 2.24) is 66.8 Å². The molecule has 8 heterocycles. The highest BCUT2D eigenvalue weighted by molar-refractivity contribution is 7.15. The van der Waals surface area contributed by atoms with Crippen LogP contribution in [-0.4, -0.2) is 126 Å². The lowest BCUT2D eigenvalue weighted by Gasteiger charge is -2.28. The second-order valence-corrected chi connectivity index (χ2v) is 26.1. The molecule has 0 unspecified atom stereocenters. The van der Waals surface area contributed by atoms with Gasteiger partial charge in [-0.1, -0.05) is 62.5 Å². The van der Waals surface area contributed by atoms with Crippen molar-refractivity contribution >= 4 is 115 Å². The van der Waals surface area contributed by atoms with E-state index in [0.717, 1.165) is 68.0 Å². The van der Waals surface area contributed by atoms with Crippen LogP contribution < -0.4 is 37.6 Å². The molecule has 1 aliphatic rings. The van der Waals surface area contributed by atoms with Crippen LogP contribution in [0.25, 0.3) is 43.4 Å². The van der Waals surface area contributed by atoms with Crippen LogP contribution >= 0.6 is 68.0 Å². The first-order valence-corrected chi connectivity index (χ1v) is 32.6. The van der Waals surface area contributed by atoms with Gasteiger partial charge >= 0.3 is 5.97 Å². The van der Waals surface area contributed by atoms with Crippen molar-refractivity contribution in [2.45, 2.75) is 63.1 Å². The summed E-state index contributed by atoms with van der Waals surface area (Å²) >= 11 is 6.29. The van der Waals surface area contributed by atoms with Crippen molar-refractivity contribution in [1.29, 1.82) is 0 Å². The zero-order chi connectivity index (χ0) is 65.7. The Balaban J connectivity index is 1.06. The number of aliphatic hydroxyl groups excluding tert-OH is 3. The van der Waals surface area contributed by atoms with E-state index in [0.29, 0.717) is 32.3 Å². The van der Waals surface area contributed by atoms with E-state index in [1.807, 2.05) is 5.32 Å². The van der Waals surface area contributed by atoms with Gasteiger partial charge < -0.3 is 63.2 Å². The molecule has 13 N–H and O–H groups in total. The number of carboxylic acids is 1. The largest absolute Gasteiger partial charge is 0.508 e. The zero-order valence-electron chi connectivity index (χ0n) is 48.0. The minimum atomic E-state index is -1.50. The van der Waals surface area contributed by atoms with Gasteiger partial charge in [0.15, 0.2) is 0 Å². The lowest BCUT2D eigenvalue weighted by molar-refractivity contribution is -0.134. The number of rotatable bonds is 15. The first kappa shape index (κ1) is 65.2. The third-order valence-electron chi connectivity index (χ3n) is 14.0. The van der Waals surface area contributed by atoms with Gasteiger partial charge in [0.1, 0.15) is 99.5 Å². The number of aromatic nitrogens is 7. The fourth-order valence-electron chi connectivity index (χ4n) is 9.14. The molecule has 7 atom stereocenters. The van der Waals surface area contributed by atoms with Crippen LogP contribution in [-0.2, 0) is 25.6 Å². The van der Waals surface area contributed by atoms with Gasteiger partial charge in [-0.25, -0.2) is 39.7 Å². The average molecular weight is 1360 g/mol. The Labute approximate surface area is 545 Å². The highest BCUT2D eigenvalue weighted by atomic mass is 32.1. The third-order valence-corrected chi connectivity index (χ3v) is 19.6. The van der Waals surface area contributed by atoms with E-state index < -0.39 is 114 Å². The standard InChI is InChI=1S/C59H52N14O13S6/c1-24(40(76)18-74)42-57-70-39(23-91-57)55-66-35(19-88-55)44-31(14-15-32(63-44)54-68-36(21-89-54)49(81)61-25(2)47(79)62-26(3)59(85)86)53-67-37(20-87-53)51(83)65-34(17-41(60)77)56-73-43(27(4)92-56)52(84)72-45(46(78)29-8-6-5-7-9-29)58-69-38(22-90-58)50(82)64-33(48(80)71-42)16-28-10-12-30(75)13-11-28/h5-15,19-24,33-34,40,42,45-46,74-76,78H,2-3,16-18H2,1,4H3,(H2,60,77)(H,61,81)(H,62,79)(H,64,82)(H,65,83)(H,71,80)(H,72,84)(H,85,86)/t24-,33-,34-,40+,42-,45-,46+/m0/s1. The van der Waals surface area contributed by atoms with Gasteiger partial charge in [-0.15, -0.1) is 68.0 Å². The molecule has 0 aliphatic carbocycles. The molecular weight excluding hydrogens is 1310 g/mol. The molecule has 0 spiro atoms. The van der Waals surface area contributed by atoms with Crippen molar-refractivity contribution in [3.63, 3.8) is 0 Å². The molecule has 10 bridgehead atoms. The monoisotopic (exact) mass is 1360 g/mol. The molecule has 0 fully saturated rings. The molecule has 7 aromatic heterocycles. The number of nitrogens with two attached hydrogens (primary N) is 1. The number of thiazole rings is 6. The number of pyridine rings is 1. The van der Waals surface area contributed by atoms with E-state index in [4.69, 9.17) is 30.8 Å². The van der Waals surface area contributed by atoms with E-state index in [9.17, 15) is 58.8 Å². The Kier molecular flexibility index (Phi) is 20.0. The number of primary amides is 1. The Hall–Kier alpha value is -9.71. The zero-order valence-corrected chi connectivity index (χ0v) is 52.9. The predicted molar refractivity (Wildman–Crippen MR) is 341 cm³/mol. The number of nitrogens with one attached hydrogen (secondary N) is 6. The Morgan fingerprint density at radius 3 is 1.96 bits per heavy atom. The summed E-state index contributed by atoms with van der Waals surface area (Å²) in [6.45, 7) is 9.24. The molecule has 92 heavy (non-hydrogen) atoms. The SMILES string of the molecule is C=C(NC(=O)C(=C)NC(=O)c1csc(-c2ccc3c(n2)-c2csc(n2)-c2csc(n2)[C@H]([C@@H](C)[C@H](O)CO)NC(=O)[C@H](Cc2ccc(O)cc2)NC(=O)c2csc(n2)[C@H]([C@H](O)c2ccccc2)NC(=O)c2nc(sc2C)[C@H](CC(N)=O)NC(=O)c2csc-3n2)n1)C(=O)O. The number of benzene rings is 2. The van der Waals surface area contributed by atoms with Crippen LogP contribution in [0.5, 0.6) is 5.75 Å². The summed E-state index contributed by atoms with van der Waals surface area (Å²) in [5.74, 6) is -8.27. The lowest BCUT2D eigenvalue weighted by Crippen LogP contribution is -2.50. The van der Waals surface area contributed by atoms with Crippen LogP contribution in [0.1, 0.15) is 111 Å². The summed E-state index contributed by atoms with van der Waals surface area (Å²) in [4.78, 5) is 141. The Morgan fingerprint density at radius 1 is 0.630 bits per heavy atom. The molecule has 33 heteroatoms. The molecule has 0 saturated carbocycles. The summed E-state index contributed by atoms with van der Waals surface area (Å²) < 4.78 is 0. The number of fused-ring (bicyclic) bond motifs is 14. The fraction of sp³-hybridized carbons (Fsp3) is 0.203. The number of carbonyl (C=O) groups excluding carboxylic acids is 7. The number of aliphatic carboxylic acids is 1. The number of nitrogens with zero attached hydrogens (tertiary/aromatic N) is 7. The molecule has 0 radical (unpaired) electrons. The summed E-state index contributed by atoms with van der Waals surface area (Å²) in [5.41, 5.74) is 6.33. The number of hydrogen-bond acceptors (Lipinski definition) is 25. The van der Waals surface area contributed by atoms with Gasteiger partial charge in [0.25, 0.3) is 29.5 Å². The second-order valence-electron chi connectivity index (χ2n) is 20.5. The van der Waals surface area contributed by atoms with E-state index in [1.54, 1.807) is 79.2 Å². The quantitative estimate of drug-likeness (QED) is 0.0563. The lowest BCUT2D eigenvalue weighted by atomic mass is 9.95. The molecular formula is C59H52N14O13S6. The summed E-state index contributed by atoms with van der Waals surface area (Å²) in [6.07, 6.45) is -3.42. The van der Waals surface area contributed by atoms with Crippen molar-refractivity contribution in [3.05, 3.63) is 172 Å². The van der Waals surface area contributed by atoms with E-state index in [2.05, 4.69) is 54.7 Å². The summed E-state index contributed by atoms with van der Waals surface area (Å²) in [5, 5.41) is 77.2. The summed E-state index contributed by atoms with van der Waals surface area (Å²) in [6, 6.07) is 12.6. The Morgan fingerprint density at radius 2 is 1.25 bits per heavy atom. The van der Waals surface area contributed by atoms with Crippen molar-refractivity contribution < 1.29 is 63.9 Å². The first-order chi connectivity index (χ1) is 44.0. The predicted octanol–water partition coefficient (Wildman–Crippen LogP) is 5.51. The third kappa shape index (κ3) is 14.9. The second kappa shape index (κ2) is 28.2. The molecule has 0 saturated heterocycles. The van der Waals surface area contributed by atoms with Crippen LogP contribution in [0, 0.1) is 12.8 Å². The molecule has 472 valence electrons. The highest BCUT2D eigenvalue weighted by Gasteiger charge is 2.36. The van der Waals surface area contributed by atoms with Crippen LogP contribution in [0.3, 0.4) is 0 Å². The number of phenols is 1. The highest BCUT2D eigenvalue weighted by Crippen LogP contribution is 2.40. The van der Waals surface area contributed by atoms with E-state index in [-0.39, 0.29) is 77.1 Å². The number of hydrogen-bond donors (Lipinski definition) is 12. The average Bonchev–Trinajstić information content (AvgIpc) is 1.61. The molecule has 10 rings (SSSR count). The van der Waals surface area contributed by atoms with E-state index >= 15 is 0 Å². The van der Waals surface area contributed by atoms with Gasteiger partial charge in [0, 0.05) is 49.7 Å². The maximum absolute atomic E-state index is 14.8. The van der Waals surface area contributed by atoms with Crippen molar-refractivity contribution in [2.75, 3.05) is 6.61 Å². The van der Waals surface area contributed by atoms with Gasteiger partial charge in [-0.05, 0) is 42.3 Å². The minimum Gasteiger partial charge on any atom is -0.508 e. The topological polar surface area (TPSA) is 426 Å². The number of aromatic hydroxyl groups is 1. The van der Waals surface area contributed by atoms with Gasteiger partial charge in [-0.2, -0.15) is 0 Å². The van der Waals surface area contributed by atoms with Crippen molar-refractivity contribution in [3.8, 4) is 49.1 Å². The molecule has 2 aromatic carbocycles. The number of amides is 7. The van der Waals surface area contributed by atoms with Crippen LogP contribution in [0.2, 0.25) is 0 Å². The maximum Gasteiger partial charge on any atom is 0.351 e. The molecule has 1 aliphatic heterocycles. The first-order valence-electron chi connectivity index (χ1n) is 27.3. The molecule has 7 amide bonds. The smallest absolute Gasteiger partial charge is 0.351 e. The molecule has 9 aromatic rings. The van der Waals surface area contributed by atoms with Gasteiger partial charge in [-0.3, -0.25) is 33.6 Å². The number of aryl methyl sites for hydroxylation is 1. The van der Waals surface area contributed by atoms with E-state index in [1.165, 1.54) is 28.3 Å². The normalized spacial score (nSPS) is 17.1. The number of aliphatic hydroxyl groups is 3. The van der Waals surface area contributed by atoms with Crippen LogP contribution in [0.4, 0.5) is 0 Å². The fourth-order valence-corrected chi connectivity index (χ4v) is 14.4. The minimum absolute atomic E-state index is 0.0523. The van der Waals surface area contributed by atoms with Gasteiger partial charge in [0.2, 0.25) is 11.8 Å². The number of carboxylic acid groups (broad SMARTS) is 1. The Bertz CT molecular complexity index is 4350. The summed E-state index contributed by atoms with van der Waals surface area (Å²) in [7, 11) is 0. The van der Waals surface area contributed by atoms with Crippen molar-refractivity contribution in [2.24, 2.45) is 11.7 Å². The van der Waals surface area contributed by atoms with Crippen LogP contribution in [0.15, 0.2) is 118 Å². The number of phenolic OH excluding ortho intramolecular Hbond substituents is 1. The number of carbonyl (C=O) groups is 8. The maximum atomic E-state index is 14.8. The van der Waals surface area contributed by atoms with Gasteiger partial charge in [0.05, 0.1) is 42.6 Å².